The Bertz CT molecular complexity index is 1880. The summed E-state index contributed by atoms with van der Waals surface area (Å²) < 4.78 is 21.2. The Morgan fingerprint density at radius 1 is 1.02 bits per heavy atom. The zero-order valence-corrected chi connectivity index (χ0v) is 27.7. The molecule has 0 aliphatic carbocycles. The van der Waals surface area contributed by atoms with Crippen molar-refractivity contribution in [1.29, 1.82) is 0 Å². The van der Waals surface area contributed by atoms with Gasteiger partial charge in [-0.15, -0.1) is 21.5 Å². The highest BCUT2D eigenvalue weighted by Crippen LogP contribution is 2.33. The molecule has 5 aromatic rings. The first-order valence-corrected chi connectivity index (χ1v) is 16.7. The van der Waals surface area contributed by atoms with Gasteiger partial charge < -0.3 is 31.5 Å². The molecule has 14 heteroatoms. The molecule has 5 rings (SSSR count). The third-order valence-electron chi connectivity index (χ3n) is 7.10. The first-order valence-electron chi connectivity index (χ1n) is 15.1. The van der Waals surface area contributed by atoms with E-state index < -0.39 is 11.8 Å². The Kier molecular flexibility index (Phi) is 11.6. The van der Waals surface area contributed by atoms with Crippen LogP contribution in [0.5, 0.6) is 5.75 Å². The standard InChI is InChI=1S/C33H35FN8O3S2/c1-20-22(10-5-6-16-35)30(42-41-29(20)39-32-37-24-11-3-4-12-26(24)46-32)40-33-38-28(31(43)44)27(47-33)13-8-18-45-25-15-14-21(19-23(25)34)9-7-17-36-2/h3-4,11-12,14-15,19,36H,5-6,8,10,13,16-18,35H2,1-2H3,(H,43,44)(H,37,39,41)(H,38,40,42). The van der Waals surface area contributed by atoms with Crippen LogP contribution >= 0.6 is 22.7 Å². The van der Waals surface area contributed by atoms with Gasteiger partial charge in [0, 0.05) is 21.6 Å². The van der Waals surface area contributed by atoms with Crippen molar-refractivity contribution in [2.45, 2.75) is 39.0 Å². The van der Waals surface area contributed by atoms with Crippen molar-refractivity contribution < 1.29 is 19.0 Å². The minimum Gasteiger partial charge on any atom is -0.491 e. The predicted molar refractivity (Wildman–Crippen MR) is 185 cm³/mol. The Hall–Kier alpha value is -4.68. The molecule has 3 heterocycles. The van der Waals surface area contributed by atoms with E-state index in [-0.39, 0.29) is 18.1 Å². The second-order valence-corrected chi connectivity index (χ2v) is 12.6. The first kappa shape index (κ1) is 33.7. The number of rotatable bonds is 15. The molecule has 0 saturated carbocycles. The van der Waals surface area contributed by atoms with E-state index in [0.29, 0.717) is 64.7 Å². The molecule has 244 valence electrons. The summed E-state index contributed by atoms with van der Waals surface area (Å²) in [6.07, 6.45) is 3.22. The van der Waals surface area contributed by atoms with E-state index in [1.807, 2.05) is 31.2 Å². The molecule has 3 aromatic heterocycles. The topological polar surface area (TPSA) is 160 Å². The van der Waals surface area contributed by atoms with Crippen molar-refractivity contribution in [2.24, 2.45) is 5.73 Å². The van der Waals surface area contributed by atoms with Gasteiger partial charge in [0.05, 0.1) is 23.4 Å². The van der Waals surface area contributed by atoms with E-state index >= 15 is 0 Å². The summed E-state index contributed by atoms with van der Waals surface area (Å²) in [4.78, 5) is 21.6. The molecule has 0 bridgehead atoms. The van der Waals surface area contributed by atoms with Crippen LogP contribution in [0.1, 0.15) is 51.3 Å². The first-order chi connectivity index (χ1) is 22.9. The van der Waals surface area contributed by atoms with Crippen LogP contribution in [0.3, 0.4) is 0 Å². The predicted octanol–water partition coefficient (Wildman–Crippen LogP) is 6.04. The van der Waals surface area contributed by atoms with Crippen LogP contribution in [0.15, 0.2) is 42.5 Å². The molecule has 0 unspecified atom stereocenters. The van der Waals surface area contributed by atoms with Crippen LogP contribution in [-0.4, -0.2) is 58.0 Å². The van der Waals surface area contributed by atoms with Crippen LogP contribution in [0, 0.1) is 24.6 Å². The van der Waals surface area contributed by atoms with Crippen LogP contribution in [-0.2, 0) is 12.8 Å². The van der Waals surface area contributed by atoms with Gasteiger partial charge >= 0.3 is 5.97 Å². The monoisotopic (exact) mass is 674 g/mol. The van der Waals surface area contributed by atoms with Crippen molar-refractivity contribution in [3.63, 3.8) is 0 Å². The highest BCUT2D eigenvalue weighted by molar-refractivity contribution is 7.22. The number of carbonyl (C=O) groups is 1. The van der Waals surface area contributed by atoms with Crippen LogP contribution in [0.4, 0.5) is 26.3 Å². The van der Waals surface area contributed by atoms with Crippen LogP contribution < -0.4 is 26.4 Å². The number of benzene rings is 2. The lowest BCUT2D eigenvalue weighted by atomic mass is 10.0. The van der Waals surface area contributed by atoms with Gasteiger partial charge in [0.2, 0.25) is 0 Å². The van der Waals surface area contributed by atoms with Gasteiger partial charge in [-0.2, -0.15) is 0 Å². The van der Waals surface area contributed by atoms with Gasteiger partial charge in [-0.1, -0.05) is 35.3 Å². The summed E-state index contributed by atoms with van der Waals surface area (Å²) in [5.41, 5.74) is 9.01. The average Bonchev–Trinajstić information content (AvgIpc) is 3.66. The minimum absolute atomic E-state index is 0.0448. The molecule has 0 fully saturated rings. The largest absolute Gasteiger partial charge is 0.491 e. The summed E-state index contributed by atoms with van der Waals surface area (Å²) >= 11 is 2.76. The van der Waals surface area contributed by atoms with Crippen molar-refractivity contribution in [2.75, 3.05) is 37.4 Å². The molecule has 0 aliphatic heterocycles. The Balaban J connectivity index is 1.28. The van der Waals surface area contributed by atoms with Gasteiger partial charge in [0.25, 0.3) is 0 Å². The molecule has 11 nitrogen and oxygen atoms in total. The number of hydrogen-bond donors (Lipinski definition) is 5. The fourth-order valence-corrected chi connectivity index (χ4v) is 6.60. The van der Waals surface area contributed by atoms with E-state index in [0.717, 1.165) is 34.2 Å². The lowest BCUT2D eigenvalue weighted by Crippen LogP contribution is -2.09. The number of anilines is 4. The SMILES string of the molecule is CNCC#Cc1ccc(OCCCc2sc(Nc3nnc(Nc4nc5ccccc5s4)c(C)c3CCCCN)nc2C(=O)O)c(F)c1. The van der Waals surface area contributed by atoms with Crippen LogP contribution in [0.25, 0.3) is 10.2 Å². The van der Waals surface area contributed by atoms with Crippen molar-refractivity contribution >= 4 is 60.8 Å². The molecule has 0 aliphatic rings. The summed E-state index contributed by atoms with van der Waals surface area (Å²) in [7, 11) is 1.79. The summed E-state index contributed by atoms with van der Waals surface area (Å²) in [6, 6.07) is 12.5. The van der Waals surface area contributed by atoms with Gasteiger partial charge in [-0.05, 0) is 83.0 Å². The molecule has 0 atom stereocenters. The molecule has 0 saturated heterocycles. The fraction of sp³-hybridized carbons (Fsp3) is 0.303. The summed E-state index contributed by atoms with van der Waals surface area (Å²) in [5, 5.41) is 29.3. The molecule has 0 radical (unpaired) electrons. The zero-order valence-electron chi connectivity index (χ0n) is 26.0. The second-order valence-electron chi connectivity index (χ2n) is 10.5. The Morgan fingerprint density at radius 3 is 2.57 bits per heavy atom. The number of carboxylic acids is 1. The summed E-state index contributed by atoms with van der Waals surface area (Å²) in [5.74, 6) is 5.35. The average molecular weight is 675 g/mol. The van der Waals surface area contributed by atoms with E-state index in [1.165, 1.54) is 28.7 Å². The van der Waals surface area contributed by atoms with E-state index in [2.05, 4.69) is 48.0 Å². The van der Waals surface area contributed by atoms with Gasteiger partial charge in [-0.3, -0.25) is 0 Å². The number of nitrogens with two attached hydrogens (primary N) is 1. The van der Waals surface area contributed by atoms with Gasteiger partial charge in [0.15, 0.2) is 39.2 Å². The number of carboxylic acid groups (broad SMARTS) is 1. The van der Waals surface area contributed by atoms with Gasteiger partial charge in [0.1, 0.15) is 0 Å². The molecule has 47 heavy (non-hydrogen) atoms. The number of ether oxygens (including phenoxy) is 1. The van der Waals surface area contributed by atoms with Gasteiger partial charge in [-0.25, -0.2) is 19.2 Å². The molecule has 0 spiro atoms. The second kappa shape index (κ2) is 16.2. The van der Waals surface area contributed by atoms with E-state index in [1.54, 1.807) is 19.2 Å². The summed E-state index contributed by atoms with van der Waals surface area (Å²) in [6.45, 7) is 3.24. The van der Waals surface area contributed by atoms with Crippen molar-refractivity contribution in [1.82, 2.24) is 25.5 Å². The Labute approximate surface area is 279 Å². The third kappa shape index (κ3) is 8.78. The normalized spacial score (nSPS) is 10.9. The fourth-order valence-electron chi connectivity index (χ4n) is 4.74. The number of para-hydroxylation sites is 1. The molecular weight excluding hydrogens is 640 g/mol. The number of aromatic carboxylic acids is 1. The lowest BCUT2D eigenvalue weighted by molar-refractivity contribution is 0.0690. The molecule has 0 amide bonds. The van der Waals surface area contributed by atoms with Crippen LogP contribution in [0.2, 0.25) is 0 Å². The highest BCUT2D eigenvalue weighted by atomic mass is 32.1. The maximum absolute atomic E-state index is 14.5. The van der Waals surface area contributed by atoms with E-state index in [9.17, 15) is 14.3 Å². The number of aryl methyl sites for hydroxylation is 1. The number of aromatic nitrogens is 4. The van der Waals surface area contributed by atoms with Crippen molar-refractivity contribution in [3.05, 3.63) is 75.5 Å². The number of halogens is 1. The maximum Gasteiger partial charge on any atom is 0.355 e. The number of unbranched alkanes of at least 4 members (excludes halogenated alkanes) is 1. The van der Waals surface area contributed by atoms with E-state index in [4.69, 9.17) is 10.5 Å². The quantitative estimate of drug-likeness (QED) is 0.0651. The lowest BCUT2D eigenvalue weighted by Gasteiger charge is -2.14. The molecule has 6 N–H and O–H groups in total. The zero-order chi connectivity index (χ0) is 33.2. The number of hydrogen-bond acceptors (Lipinski definition) is 12. The maximum atomic E-state index is 14.5. The van der Waals surface area contributed by atoms with Crippen molar-refractivity contribution in [3.8, 4) is 17.6 Å². The Morgan fingerprint density at radius 2 is 1.81 bits per heavy atom. The minimum atomic E-state index is -1.13. The number of fused-ring (bicyclic) bond motifs is 1. The third-order valence-corrected chi connectivity index (χ3v) is 9.09. The smallest absolute Gasteiger partial charge is 0.355 e. The number of nitrogens with zero attached hydrogens (tertiary/aromatic N) is 4. The number of nitrogens with one attached hydrogen (secondary N) is 3. The number of thiazole rings is 2. The molecule has 2 aromatic carbocycles. The highest BCUT2D eigenvalue weighted by Gasteiger charge is 2.20. The molecular formula is C33H35FN8O3S2.